The zero-order valence-electron chi connectivity index (χ0n) is 10.2. The lowest BCUT2D eigenvalue weighted by molar-refractivity contribution is -0.139. The van der Waals surface area contributed by atoms with Gasteiger partial charge in [0.2, 0.25) is 0 Å². The highest BCUT2D eigenvalue weighted by molar-refractivity contribution is 5.93. The lowest BCUT2D eigenvalue weighted by atomic mass is 10.1. The Morgan fingerprint density at radius 1 is 1.56 bits per heavy atom. The molecule has 0 saturated carbocycles. The van der Waals surface area contributed by atoms with E-state index >= 15 is 0 Å². The molecule has 1 fully saturated rings. The smallest absolute Gasteiger partial charge is 0.305 e. The minimum Gasteiger partial charge on any atom is -0.481 e. The van der Waals surface area contributed by atoms with Crippen molar-refractivity contribution >= 4 is 11.9 Å². The number of ether oxygens (including phenoxy) is 1. The number of carboxylic acid groups (broad SMARTS) is 1. The van der Waals surface area contributed by atoms with Gasteiger partial charge in [0.05, 0.1) is 25.7 Å². The van der Waals surface area contributed by atoms with Gasteiger partial charge in [-0.25, -0.2) is 0 Å². The lowest BCUT2D eigenvalue weighted by Gasteiger charge is -2.34. The number of hydrogen-bond acceptors (Lipinski definition) is 3. The maximum absolute atomic E-state index is 12.3. The van der Waals surface area contributed by atoms with Crippen LogP contribution in [-0.2, 0) is 16.6 Å². The van der Waals surface area contributed by atoms with Crippen LogP contribution in [0.2, 0.25) is 0 Å². The summed E-state index contributed by atoms with van der Waals surface area (Å²) in [4.78, 5) is 24.7. The van der Waals surface area contributed by atoms with Gasteiger partial charge in [-0.2, -0.15) is 0 Å². The van der Waals surface area contributed by atoms with Gasteiger partial charge in [0, 0.05) is 19.8 Å². The molecule has 1 aromatic rings. The summed E-state index contributed by atoms with van der Waals surface area (Å²) >= 11 is 0. The Hall–Kier alpha value is -1.82. The van der Waals surface area contributed by atoms with E-state index in [-0.39, 0.29) is 18.9 Å². The molecule has 1 saturated heterocycles. The molecule has 2 heterocycles. The van der Waals surface area contributed by atoms with Gasteiger partial charge in [-0.1, -0.05) is 0 Å². The van der Waals surface area contributed by atoms with E-state index in [0.29, 0.717) is 18.8 Å². The van der Waals surface area contributed by atoms with Crippen molar-refractivity contribution in [2.45, 2.75) is 12.5 Å². The molecule has 0 aliphatic carbocycles. The topological polar surface area (TPSA) is 71.8 Å². The van der Waals surface area contributed by atoms with Gasteiger partial charge in [-0.15, -0.1) is 0 Å². The van der Waals surface area contributed by atoms with Gasteiger partial charge >= 0.3 is 5.97 Å². The maximum Gasteiger partial charge on any atom is 0.305 e. The first-order valence-corrected chi connectivity index (χ1v) is 5.81. The van der Waals surface area contributed by atoms with E-state index in [1.807, 2.05) is 0 Å². The highest BCUT2D eigenvalue weighted by Gasteiger charge is 2.30. The first-order valence-electron chi connectivity index (χ1n) is 5.81. The van der Waals surface area contributed by atoms with E-state index in [1.165, 1.54) is 0 Å². The Bertz CT molecular complexity index is 455. The molecule has 0 unspecified atom stereocenters. The second kappa shape index (κ2) is 5.22. The fourth-order valence-electron chi connectivity index (χ4n) is 2.12. The first-order chi connectivity index (χ1) is 8.59. The SMILES string of the molecule is Cn1cccc1C(=O)N1CCOC[C@@H]1CC(=O)O. The third-order valence-electron chi connectivity index (χ3n) is 3.06. The number of aryl methyl sites for hydroxylation is 1. The molecule has 0 bridgehead atoms. The molecular weight excluding hydrogens is 236 g/mol. The van der Waals surface area contributed by atoms with Crippen molar-refractivity contribution in [2.24, 2.45) is 7.05 Å². The van der Waals surface area contributed by atoms with Crippen molar-refractivity contribution in [1.82, 2.24) is 9.47 Å². The Balaban J connectivity index is 2.16. The molecule has 2 rings (SSSR count). The summed E-state index contributed by atoms with van der Waals surface area (Å²) in [6, 6.07) is 3.13. The van der Waals surface area contributed by atoms with E-state index in [9.17, 15) is 9.59 Å². The number of carbonyl (C=O) groups is 2. The fourth-order valence-corrected chi connectivity index (χ4v) is 2.12. The number of hydrogen-bond donors (Lipinski definition) is 1. The monoisotopic (exact) mass is 252 g/mol. The second-order valence-electron chi connectivity index (χ2n) is 4.33. The molecule has 1 atom stereocenters. The maximum atomic E-state index is 12.3. The van der Waals surface area contributed by atoms with Crippen molar-refractivity contribution in [2.75, 3.05) is 19.8 Å². The molecule has 18 heavy (non-hydrogen) atoms. The molecule has 6 nitrogen and oxygen atoms in total. The quantitative estimate of drug-likeness (QED) is 0.842. The molecule has 1 aromatic heterocycles. The molecule has 1 N–H and O–H groups in total. The van der Waals surface area contributed by atoms with Crippen LogP contribution in [-0.4, -0.2) is 52.3 Å². The average molecular weight is 252 g/mol. The Labute approximate surface area is 105 Å². The largest absolute Gasteiger partial charge is 0.481 e. The predicted octanol–water partition coefficient (Wildman–Crippen LogP) is 0.341. The molecule has 0 radical (unpaired) electrons. The Morgan fingerprint density at radius 3 is 2.94 bits per heavy atom. The number of morpholine rings is 1. The van der Waals surface area contributed by atoms with Crippen LogP contribution in [0, 0.1) is 0 Å². The number of amides is 1. The number of carboxylic acids is 1. The molecule has 6 heteroatoms. The van der Waals surface area contributed by atoms with Crippen LogP contribution >= 0.6 is 0 Å². The molecule has 1 aliphatic rings. The highest BCUT2D eigenvalue weighted by Crippen LogP contribution is 2.15. The van der Waals surface area contributed by atoms with E-state index in [2.05, 4.69) is 0 Å². The van der Waals surface area contributed by atoms with Crippen molar-refractivity contribution in [1.29, 1.82) is 0 Å². The summed E-state index contributed by atoms with van der Waals surface area (Å²) in [5, 5.41) is 8.85. The zero-order chi connectivity index (χ0) is 13.1. The Kier molecular flexibility index (Phi) is 3.66. The normalized spacial score (nSPS) is 19.8. The third-order valence-corrected chi connectivity index (χ3v) is 3.06. The van der Waals surface area contributed by atoms with E-state index < -0.39 is 12.0 Å². The predicted molar refractivity (Wildman–Crippen MR) is 63.3 cm³/mol. The third kappa shape index (κ3) is 2.53. The lowest BCUT2D eigenvalue weighted by Crippen LogP contribution is -2.49. The van der Waals surface area contributed by atoms with Crippen LogP contribution in [0.15, 0.2) is 18.3 Å². The van der Waals surface area contributed by atoms with Crippen LogP contribution in [0.4, 0.5) is 0 Å². The summed E-state index contributed by atoms with van der Waals surface area (Å²) in [7, 11) is 1.79. The van der Waals surface area contributed by atoms with Gasteiger partial charge in [-0.3, -0.25) is 9.59 Å². The first kappa shape index (κ1) is 12.6. The fraction of sp³-hybridized carbons (Fsp3) is 0.500. The van der Waals surface area contributed by atoms with E-state index in [4.69, 9.17) is 9.84 Å². The van der Waals surface area contributed by atoms with Crippen LogP contribution in [0.25, 0.3) is 0 Å². The zero-order valence-corrected chi connectivity index (χ0v) is 10.2. The number of rotatable bonds is 3. The summed E-state index contributed by atoms with van der Waals surface area (Å²) in [6.07, 6.45) is 1.70. The van der Waals surface area contributed by atoms with Crippen molar-refractivity contribution in [3.8, 4) is 0 Å². The van der Waals surface area contributed by atoms with E-state index in [1.54, 1.807) is 34.8 Å². The molecule has 0 aromatic carbocycles. The van der Waals surface area contributed by atoms with E-state index in [0.717, 1.165) is 0 Å². The minimum absolute atomic E-state index is 0.0871. The number of carbonyl (C=O) groups excluding carboxylic acids is 1. The number of nitrogens with zero attached hydrogens (tertiary/aromatic N) is 2. The van der Waals surface area contributed by atoms with Gasteiger partial charge in [0.25, 0.3) is 5.91 Å². The van der Waals surface area contributed by atoms with Gasteiger partial charge in [0.15, 0.2) is 0 Å². The summed E-state index contributed by atoms with van der Waals surface area (Å²) < 4.78 is 6.98. The van der Waals surface area contributed by atoms with Crippen LogP contribution in [0.5, 0.6) is 0 Å². The summed E-state index contributed by atoms with van der Waals surface area (Å²) in [5.41, 5.74) is 0.562. The van der Waals surface area contributed by atoms with Gasteiger partial charge < -0.3 is 19.3 Å². The molecule has 1 amide bonds. The van der Waals surface area contributed by atoms with Crippen molar-refractivity contribution < 1.29 is 19.4 Å². The number of aromatic nitrogens is 1. The van der Waals surface area contributed by atoms with Crippen molar-refractivity contribution in [3.05, 3.63) is 24.0 Å². The van der Waals surface area contributed by atoms with Gasteiger partial charge in [-0.05, 0) is 12.1 Å². The highest BCUT2D eigenvalue weighted by atomic mass is 16.5. The van der Waals surface area contributed by atoms with Crippen molar-refractivity contribution in [3.63, 3.8) is 0 Å². The minimum atomic E-state index is -0.921. The summed E-state index contributed by atoms with van der Waals surface area (Å²) in [5.74, 6) is -1.06. The number of aliphatic carboxylic acids is 1. The van der Waals surface area contributed by atoms with Crippen LogP contribution in [0.1, 0.15) is 16.9 Å². The van der Waals surface area contributed by atoms with Crippen LogP contribution < -0.4 is 0 Å². The second-order valence-corrected chi connectivity index (χ2v) is 4.33. The standard InChI is InChI=1S/C12H16N2O4/c1-13-4-2-3-10(13)12(17)14-5-6-18-8-9(14)7-11(15)16/h2-4,9H,5-8H2,1H3,(H,15,16)/t9-/m0/s1. The molecule has 1 aliphatic heterocycles. The summed E-state index contributed by atoms with van der Waals surface area (Å²) in [6.45, 7) is 1.16. The molecule has 98 valence electrons. The van der Waals surface area contributed by atoms with Gasteiger partial charge in [0.1, 0.15) is 5.69 Å². The molecule has 0 spiro atoms. The average Bonchev–Trinajstić information content (AvgIpc) is 2.74. The Morgan fingerprint density at radius 2 is 2.33 bits per heavy atom. The van der Waals surface area contributed by atoms with Crippen LogP contribution in [0.3, 0.4) is 0 Å². The molecular formula is C12H16N2O4.